The van der Waals surface area contributed by atoms with E-state index in [0.29, 0.717) is 0 Å². The number of thioether (sulfide) groups is 1. The van der Waals surface area contributed by atoms with Crippen LogP contribution in [0.4, 0.5) is 0 Å². The molecule has 1 aromatic carbocycles. The van der Waals surface area contributed by atoms with Gasteiger partial charge in [0, 0.05) is 24.7 Å². The van der Waals surface area contributed by atoms with Gasteiger partial charge in [0.2, 0.25) is 5.16 Å². The van der Waals surface area contributed by atoms with Crippen molar-refractivity contribution >= 4 is 11.8 Å². The van der Waals surface area contributed by atoms with Crippen LogP contribution in [-0.2, 0) is 6.54 Å². The van der Waals surface area contributed by atoms with Crippen LogP contribution in [0, 0.1) is 0 Å². The molecule has 3 rings (SSSR count). The van der Waals surface area contributed by atoms with Crippen molar-refractivity contribution in [1.82, 2.24) is 30.5 Å². The van der Waals surface area contributed by atoms with E-state index < -0.39 is 0 Å². The Balaban J connectivity index is 1.41. The smallest absolute Gasteiger partial charge is 0.214 e. The second kappa shape index (κ2) is 8.40. The maximum Gasteiger partial charge on any atom is 0.214 e. The van der Waals surface area contributed by atoms with Gasteiger partial charge >= 0.3 is 0 Å². The summed E-state index contributed by atoms with van der Waals surface area (Å²) < 4.78 is 1.77. The van der Waals surface area contributed by atoms with Crippen LogP contribution >= 0.6 is 11.8 Å². The van der Waals surface area contributed by atoms with E-state index in [2.05, 4.69) is 31.9 Å². The largest absolute Gasteiger partial charge is 0.313 e. The van der Waals surface area contributed by atoms with Gasteiger partial charge in [-0.3, -0.25) is 4.98 Å². The Kier molecular flexibility index (Phi) is 5.71. The lowest BCUT2D eigenvalue weighted by atomic mass is 10.3. The molecule has 2 heterocycles. The molecule has 0 radical (unpaired) electrons. The van der Waals surface area contributed by atoms with Crippen LogP contribution in [0.15, 0.2) is 60.0 Å². The van der Waals surface area contributed by atoms with Crippen molar-refractivity contribution in [2.45, 2.75) is 18.1 Å². The minimum absolute atomic E-state index is 0.823. The third kappa shape index (κ3) is 4.61. The summed E-state index contributed by atoms with van der Waals surface area (Å²) >= 11 is 1.67. The SMILES string of the molecule is c1ccc(-n2nnnc2SCCCNCc2cccnc2)cc1. The molecule has 0 bridgehead atoms. The minimum atomic E-state index is 0.823. The lowest BCUT2D eigenvalue weighted by Crippen LogP contribution is -2.15. The molecule has 0 unspecified atom stereocenters. The first-order chi connectivity index (χ1) is 11.4. The molecule has 0 saturated heterocycles. The number of nitrogens with zero attached hydrogens (tertiary/aromatic N) is 5. The minimum Gasteiger partial charge on any atom is -0.313 e. The normalized spacial score (nSPS) is 10.8. The van der Waals surface area contributed by atoms with Gasteiger partial charge < -0.3 is 5.32 Å². The maximum absolute atomic E-state index is 4.10. The van der Waals surface area contributed by atoms with E-state index in [0.717, 1.165) is 36.1 Å². The first-order valence-electron chi connectivity index (χ1n) is 7.50. The number of nitrogens with one attached hydrogen (secondary N) is 1. The number of rotatable bonds is 8. The Labute approximate surface area is 139 Å². The van der Waals surface area contributed by atoms with Gasteiger partial charge in [0.25, 0.3) is 0 Å². The molecule has 0 atom stereocenters. The first-order valence-corrected chi connectivity index (χ1v) is 8.48. The van der Waals surface area contributed by atoms with Crippen LogP contribution < -0.4 is 5.32 Å². The molecule has 0 aliphatic rings. The van der Waals surface area contributed by atoms with Gasteiger partial charge in [-0.15, -0.1) is 5.10 Å². The van der Waals surface area contributed by atoms with Crippen molar-refractivity contribution in [3.05, 3.63) is 60.4 Å². The van der Waals surface area contributed by atoms with Gasteiger partial charge in [-0.1, -0.05) is 36.0 Å². The third-order valence-corrected chi connectivity index (χ3v) is 4.23. The summed E-state index contributed by atoms with van der Waals surface area (Å²) in [6.45, 7) is 1.80. The molecular weight excluding hydrogens is 308 g/mol. The zero-order chi connectivity index (χ0) is 15.7. The number of hydrogen-bond acceptors (Lipinski definition) is 6. The Morgan fingerprint density at radius 1 is 1.09 bits per heavy atom. The number of aromatic nitrogens is 5. The van der Waals surface area contributed by atoms with E-state index in [1.165, 1.54) is 5.56 Å². The van der Waals surface area contributed by atoms with E-state index in [-0.39, 0.29) is 0 Å². The van der Waals surface area contributed by atoms with E-state index in [4.69, 9.17) is 0 Å². The fourth-order valence-corrected chi connectivity index (χ4v) is 2.93. The molecule has 118 valence electrons. The molecule has 2 aromatic heterocycles. The monoisotopic (exact) mass is 326 g/mol. The van der Waals surface area contributed by atoms with Crippen molar-refractivity contribution in [2.24, 2.45) is 0 Å². The molecule has 0 saturated carbocycles. The van der Waals surface area contributed by atoms with Crippen LogP contribution in [0.1, 0.15) is 12.0 Å². The topological polar surface area (TPSA) is 68.5 Å². The quantitative estimate of drug-likeness (QED) is 0.506. The molecule has 0 aliphatic carbocycles. The Hall–Kier alpha value is -2.25. The van der Waals surface area contributed by atoms with Crippen LogP contribution in [0.2, 0.25) is 0 Å². The second-order valence-corrected chi connectivity index (χ2v) is 6.01. The standard InChI is InChI=1S/C16H18N6S/c1-2-7-15(8-3-1)22-16(19-20-21-22)23-11-5-10-18-13-14-6-4-9-17-12-14/h1-4,6-9,12,18H,5,10-11,13H2. The highest BCUT2D eigenvalue weighted by atomic mass is 32.2. The van der Waals surface area contributed by atoms with Crippen molar-refractivity contribution in [1.29, 1.82) is 0 Å². The third-order valence-electron chi connectivity index (χ3n) is 3.22. The van der Waals surface area contributed by atoms with E-state index in [1.807, 2.05) is 42.6 Å². The van der Waals surface area contributed by atoms with Crippen molar-refractivity contribution in [3.63, 3.8) is 0 Å². The Morgan fingerprint density at radius 2 is 2.00 bits per heavy atom. The predicted octanol–water partition coefficient (Wildman–Crippen LogP) is 2.33. The number of para-hydroxylation sites is 1. The van der Waals surface area contributed by atoms with Crippen LogP contribution in [0.25, 0.3) is 5.69 Å². The molecule has 0 aliphatic heterocycles. The molecule has 1 N–H and O–H groups in total. The highest BCUT2D eigenvalue weighted by molar-refractivity contribution is 7.99. The fourth-order valence-electron chi connectivity index (χ4n) is 2.10. The molecule has 7 heteroatoms. The summed E-state index contributed by atoms with van der Waals surface area (Å²) in [5.41, 5.74) is 2.18. The Bertz CT molecular complexity index is 701. The molecule has 3 aromatic rings. The summed E-state index contributed by atoms with van der Waals surface area (Å²) in [4.78, 5) is 4.10. The Morgan fingerprint density at radius 3 is 2.83 bits per heavy atom. The molecule has 6 nitrogen and oxygen atoms in total. The van der Waals surface area contributed by atoms with Gasteiger partial charge in [-0.25, -0.2) is 0 Å². The average Bonchev–Trinajstić information content (AvgIpc) is 3.08. The van der Waals surface area contributed by atoms with E-state index >= 15 is 0 Å². The second-order valence-electron chi connectivity index (χ2n) is 4.95. The van der Waals surface area contributed by atoms with Gasteiger partial charge in [0.15, 0.2) is 0 Å². The predicted molar refractivity (Wildman–Crippen MR) is 90.4 cm³/mol. The van der Waals surface area contributed by atoms with Crippen LogP contribution in [0.5, 0.6) is 0 Å². The highest BCUT2D eigenvalue weighted by Crippen LogP contribution is 2.18. The van der Waals surface area contributed by atoms with Crippen molar-refractivity contribution < 1.29 is 0 Å². The summed E-state index contributed by atoms with van der Waals surface area (Å²) in [5.74, 6) is 0.966. The zero-order valence-electron chi connectivity index (χ0n) is 12.7. The molecule has 23 heavy (non-hydrogen) atoms. The van der Waals surface area contributed by atoms with Crippen LogP contribution in [0.3, 0.4) is 0 Å². The van der Waals surface area contributed by atoms with Gasteiger partial charge in [-0.05, 0) is 47.2 Å². The first kappa shape index (κ1) is 15.6. The summed E-state index contributed by atoms with van der Waals surface area (Å²) in [6.07, 6.45) is 4.72. The molecule has 0 fully saturated rings. The fraction of sp³-hybridized carbons (Fsp3) is 0.250. The van der Waals surface area contributed by atoms with Crippen molar-refractivity contribution in [2.75, 3.05) is 12.3 Å². The number of benzene rings is 1. The summed E-state index contributed by atoms with van der Waals surface area (Å²) in [7, 11) is 0. The van der Waals surface area contributed by atoms with Gasteiger partial charge in [0.1, 0.15) is 0 Å². The zero-order valence-corrected chi connectivity index (χ0v) is 13.5. The lowest BCUT2D eigenvalue weighted by Gasteiger charge is -2.05. The summed E-state index contributed by atoms with van der Waals surface area (Å²) in [6, 6.07) is 14.0. The molecule has 0 spiro atoms. The van der Waals surface area contributed by atoms with E-state index in [1.54, 1.807) is 22.6 Å². The van der Waals surface area contributed by atoms with Gasteiger partial charge in [-0.2, -0.15) is 4.68 Å². The van der Waals surface area contributed by atoms with E-state index in [9.17, 15) is 0 Å². The maximum atomic E-state index is 4.10. The molecular formula is C16H18N6S. The van der Waals surface area contributed by atoms with Crippen LogP contribution in [-0.4, -0.2) is 37.5 Å². The lowest BCUT2D eigenvalue weighted by molar-refractivity contribution is 0.676. The average molecular weight is 326 g/mol. The van der Waals surface area contributed by atoms with Gasteiger partial charge in [0.05, 0.1) is 5.69 Å². The number of tetrazole rings is 1. The summed E-state index contributed by atoms with van der Waals surface area (Å²) in [5, 5.41) is 16.2. The van der Waals surface area contributed by atoms with Crippen molar-refractivity contribution in [3.8, 4) is 5.69 Å². The number of hydrogen-bond donors (Lipinski definition) is 1. The number of pyridine rings is 1. The molecule has 0 amide bonds. The highest BCUT2D eigenvalue weighted by Gasteiger charge is 2.07.